The van der Waals surface area contributed by atoms with Crippen LogP contribution in [0.3, 0.4) is 0 Å². The summed E-state index contributed by atoms with van der Waals surface area (Å²) in [5.74, 6) is -0.971. The van der Waals surface area contributed by atoms with Crippen LogP contribution in [0.25, 0.3) is 0 Å². The highest BCUT2D eigenvalue weighted by atomic mass is 32.2. The van der Waals surface area contributed by atoms with Crippen molar-refractivity contribution in [2.75, 3.05) is 18.6 Å². The number of carbonyl (C=O) groups is 4. The summed E-state index contributed by atoms with van der Waals surface area (Å²) in [4.78, 5) is 51.7. The van der Waals surface area contributed by atoms with Crippen molar-refractivity contribution in [1.29, 1.82) is 0 Å². The lowest BCUT2D eigenvalue weighted by atomic mass is 9.88. The number of nitrogens with two attached hydrogens (primary N) is 1. The summed E-state index contributed by atoms with van der Waals surface area (Å²) in [5, 5.41) is 2.90. The topological polar surface area (TPSA) is 110 Å². The minimum Gasteiger partial charge on any atom is -0.368 e. The highest BCUT2D eigenvalue weighted by Crippen LogP contribution is 2.38. The minimum absolute atomic E-state index is 0.0596. The number of benzene rings is 1. The molecule has 1 saturated heterocycles. The number of nitrogens with zero attached hydrogens (tertiary/aromatic N) is 1. The molecule has 4 atom stereocenters. The predicted molar refractivity (Wildman–Crippen MR) is 116 cm³/mol. The fourth-order valence-electron chi connectivity index (χ4n) is 4.48. The van der Waals surface area contributed by atoms with E-state index in [-0.39, 0.29) is 29.9 Å². The first-order chi connectivity index (χ1) is 14.4. The average molecular weight is 432 g/mol. The molecule has 0 aromatic heterocycles. The number of Topliss-reactive ketones (excluding diaryl/α,β-unsaturated/α-hetero) is 1. The number of hydrogen-bond donors (Lipinski definition) is 2. The lowest BCUT2D eigenvalue weighted by Crippen LogP contribution is -2.54. The van der Waals surface area contributed by atoms with Crippen LogP contribution in [0, 0.1) is 5.92 Å². The van der Waals surface area contributed by atoms with Gasteiger partial charge in [-0.3, -0.25) is 19.2 Å². The quantitative estimate of drug-likeness (QED) is 0.648. The normalized spacial score (nSPS) is 24.6. The van der Waals surface area contributed by atoms with Crippen molar-refractivity contribution in [3.05, 3.63) is 35.9 Å². The smallest absolute Gasteiger partial charge is 0.245 e. The van der Waals surface area contributed by atoms with E-state index in [0.717, 1.165) is 12.0 Å². The van der Waals surface area contributed by atoms with E-state index in [0.29, 0.717) is 31.6 Å². The first-order valence-electron chi connectivity index (χ1n) is 10.4. The first-order valence-corrected chi connectivity index (χ1v) is 11.8. The van der Waals surface area contributed by atoms with Crippen LogP contribution in [-0.4, -0.2) is 59.0 Å². The Balaban J connectivity index is 1.75. The molecule has 3 amide bonds. The third-order valence-corrected chi connectivity index (χ3v) is 6.68. The molecule has 3 N–H and O–H groups in total. The molecule has 0 bridgehead atoms. The van der Waals surface area contributed by atoms with Crippen LogP contribution in [0.15, 0.2) is 30.3 Å². The number of nitrogens with one attached hydrogen (secondary N) is 1. The van der Waals surface area contributed by atoms with E-state index in [4.69, 9.17) is 5.73 Å². The molecule has 2 fully saturated rings. The molecular weight excluding hydrogens is 402 g/mol. The molecule has 1 aliphatic carbocycles. The van der Waals surface area contributed by atoms with E-state index in [2.05, 4.69) is 5.32 Å². The minimum atomic E-state index is -0.725. The fourth-order valence-corrected chi connectivity index (χ4v) is 4.95. The van der Waals surface area contributed by atoms with Gasteiger partial charge in [-0.25, -0.2) is 0 Å². The van der Waals surface area contributed by atoms with Crippen molar-refractivity contribution in [3.8, 4) is 0 Å². The Morgan fingerprint density at radius 2 is 1.97 bits per heavy atom. The van der Waals surface area contributed by atoms with Crippen LogP contribution in [0.1, 0.15) is 43.6 Å². The van der Waals surface area contributed by atoms with Gasteiger partial charge in [0.1, 0.15) is 17.9 Å². The average Bonchev–Trinajstić information content (AvgIpc) is 3.38. The molecule has 162 valence electrons. The van der Waals surface area contributed by atoms with Gasteiger partial charge in [0.25, 0.3) is 0 Å². The maximum absolute atomic E-state index is 13.2. The van der Waals surface area contributed by atoms with Crippen LogP contribution in [0.4, 0.5) is 0 Å². The molecule has 2 aliphatic rings. The van der Waals surface area contributed by atoms with Crippen molar-refractivity contribution in [1.82, 2.24) is 10.2 Å². The molecule has 3 rings (SSSR count). The van der Waals surface area contributed by atoms with Crippen molar-refractivity contribution < 1.29 is 19.2 Å². The van der Waals surface area contributed by atoms with Crippen molar-refractivity contribution in [3.63, 3.8) is 0 Å². The first kappa shape index (κ1) is 22.3. The van der Waals surface area contributed by atoms with Gasteiger partial charge in [-0.15, -0.1) is 0 Å². The van der Waals surface area contributed by atoms with Crippen molar-refractivity contribution in [2.24, 2.45) is 11.7 Å². The number of rotatable bonds is 8. The number of primary amides is 1. The van der Waals surface area contributed by atoms with Crippen LogP contribution >= 0.6 is 11.8 Å². The second kappa shape index (κ2) is 10.1. The maximum Gasteiger partial charge on any atom is 0.245 e. The van der Waals surface area contributed by atoms with Crippen LogP contribution in [0.5, 0.6) is 0 Å². The Bertz CT molecular complexity index is 801. The van der Waals surface area contributed by atoms with Crippen molar-refractivity contribution in [2.45, 2.75) is 50.1 Å². The molecule has 30 heavy (non-hydrogen) atoms. The van der Waals surface area contributed by atoms with E-state index in [1.165, 1.54) is 4.90 Å². The molecule has 7 nitrogen and oxygen atoms in total. The standard InChI is InChI=1S/C22H29N3O4S/c1-30-11-9-18(22(29)25-10-5-8-19(25)20(23)27)24-21(28)17-13-15(26)12-16(17)14-6-3-2-4-7-14/h2-4,6-7,16-19H,5,8-13H2,1H3,(H2,23,27)(H,24,28)/t16?,17?,18-,19-/m0/s1. The summed E-state index contributed by atoms with van der Waals surface area (Å²) in [6.07, 6.45) is 4.19. The summed E-state index contributed by atoms with van der Waals surface area (Å²) in [5.41, 5.74) is 6.42. The zero-order valence-corrected chi connectivity index (χ0v) is 18.0. The van der Waals surface area contributed by atoms with Gasteiger partial charge in [0, 0.05) is 25.3 Å². The molecule has 1 heterocycles. The molecule has 0 radical (unpaired) electrons. The van der Waals surface area contributed by atoms with Gasteiger partial charge in [0.05, 0.1) is 5.92 Å². The molecule has 1 aliphatic heterocycles. The molecule has 1 aromatic carbocycles. The summed E-state index contributed by atoms with van der Waals surface area (Å²) in [7, 11) is 0. The molecular formula is C22H29N3O4S. The summed E-state index contributed by atoms with van der Waals surface area (Å²) in [6, 6.07) is 8.22. The van der Waals surface area contributed by atoms with Crippen molar-refractivity contribution >= 4 is 35.3 Å². The highest BCUT2D eigenvalue weighted by molar-refractivity contribution is 7.98. The predicted octanol–water partition coefficient (Wildman–Crippen LogP) is 1.46. The summed E-state index contributed by atoms with van der Waals surface area (Å²) >= 11 is 1.59. The molecule has 8 heteroatoms. The number of thioether (sulfide) groups is 1. The number of carbonyl (C=O) groups excluding carboxylic acids is 4. The van der Waals surface area contributed by atoms with E-state index >= 15 is 0 Å². The van der Waals surface area contributed by atoms with Gasteiger partial charge in [-0.1, -0.05) is 30.3 Å². The molecule has 1 aromatic rings. The zero-order chi connectivity index (χ0) is 21.7. The van der Waals surface area contributed by atoms with Gasteiger partial charge in [-0.05, 0) is 36.8 Å². The third kappa shape index (κ3) is 5.03. The summed E-state index contributed by atoms with van der Waals surface area (Å²) in [6.45, 7) is 0.465. The maximum atomic E-state index is 13.2. The molecule has 1 saturated carbocycles. The Kier molecular flexibility index (Phi) is 7.53. The van der Waals surface area contributed by atoms with E-state index < -0.39 is 23.9 Å². The second-order valence-electron chi connectivity index (χ2n) is 8.01. The highest BCUT2D eigenvalue weighted by Gasteiger charge is 2.41. The molecule has 0 spiro atoms. The fraction of sp³-hybridized carbons (Fsp3) is 0.545. The zero-order valence-electron chi connectivity index (χ0n) is 17.2. The van der Waals surface area contributed by atoms with E-state index in [1.807, 2.05) is 36.6 Å². The number of ketones is 1. The number of likely N-dealkylation sites (tertiary alicyclic amines) is 1. The Labute approximate surface area is 181 Å². The van der Waals surface area contributed by atoms with Gasteiger partial charge >= 0.3 is 0 Å². The van der Waals surface area contributed by atoms with Gasteiger partial charge in [0.15, 0.2) is 0 Å². The number of amides is 3. The Hall–Kier alpha value is -2.35. The second-order valence-corrected chi connectivity index (χ2v) is 8.99. The third-order valence-electron chi connectivity index (χ3n) is 6.03. The Morgan fingerprint density at radius 3 is 2.63 bits per heavy atom. The van der Waals surface area contributed by atoms with E-state index in [9.17, 15) is 19.2 Å². The largest absolute Gasteiger partial charge is 0.368 e. The number of hydrogen-bond acceptors (Lipinski definition) is 5. The SMILES string of the molecule is CSCC[C@H](NC(=O)C1CC(=O)CC1c1ccccc1)C(=O)N1CCC[C@H]1C(N)=O. The van der Waals surface area contributed by atoms with E-state index in [1.54, 1.807) is 11.8 Å². The van der Waals surface area contributed by atoms with Crippen LogP contribution < -0.4 is 11.1 Å². The van der Waals surface area contributed by atoms with Gasteiger partial charge in [0.2, 0.25) is 17.7 Å². The Morgan fingerprint density at radius 1 is 1.23 bits per heavy atom. The van der Waals surface area contributed by atoms with Crippen LogP contribution in [0.2, 0.25) is 0 Å². The lowest BCUT2D eigenvalue weighted by molar-refractivity contribution is -0.141. The summed E-state index contributed by atoms with van der Waals surface area (Å²) < 4.78 is 0. The van der Waals surface area contributed by atoms with Gasteiger partial charge in [-0.2, -0.15) is 11.8 Å². The van der Waals surface area contributed by atoms with Crippen LogP contribution in [-0.2, 0) is 19.2 Å². The molecule has 2 unspecified atom stereocenters. The monoisotopic (exact) mass is 431 g/mol. The lowest BCUT2D eigenvalue weighted by Gasteiger charge is -2.29. The van der Waals surface area contributed by atoms with Gasteiger partial charge < -0.3 is 16.0 Å².